The molecule has 0 saturated heterocycles. The molecule has 0 aliphatic rings. The van der Waals surface area contributed by atoms with E-state index in [1.807, 2.05) is 6.07 Å². The highest BCUT2D eigenvalue weighted by Gasteiger charge is 2.09. The van der Waals surface area contributed by atoms with Crippen molar-refractivity contribution in [1.29, 1.82) is 0 Å². The minimum Gasteiger partial charge on any atom is -0.397 e. The summed E-state index contributed by atoms with van der Waals surface area (Å²) in [5.41, 5.74) is 8.25. The summed E-state index contributed by atoms with van der Waals surface area (Å²) in [5.74, 6) is 0.561. The van der Waals surface area contributed by atoms with Crippen molar-refractivity contribution in [2.24, 2.45) is 0 Å². The maximum atomic E-state index is 10.9. The van der Waals surface area contributed by atoms with Gasteiger partial charge in [0.05, 0.1) is 11.2 Å². The summed E-state index contributed by atoms with van der Waals surface area (Å²) in [4.78, 5) is 18.4. The van der Waals surface area contributed by atoms with Crippen LogP contribution in [0, 0.1) is 0 Å². The molecule has 3 aromatic rings. The summed E-state index contributed by atoms with van der Waals surface area (Å²) in [7, 11) is 0. The first-order chi connectivity index (χ1) is 8.63. The maximum absolute atomic E-state index is 10.9. The van der Waals surface area contributed by atoms with Gasteiger partial charge in [-0.15, -0.1) is 0 Å². The van der Waals surface area contributed by atoms with Gasteiger partial charge in [0.1, 0.15) is 11.2 Å². The Balaban J connectivity index is 2.22. The van der Waals surface area contributed by atoms with Crippen LogP contribution < -0.4 is 11.3 Å². The normalized spacial score (nSPS) is 10.9. The van der Waals surface area contributed by atoms with Gasteiger partial charge in [-0.1, -0.05) is 15.9 Å². The molecular weight excluding hydrogens is 298 g/mol. The largest absolute Gasteiger partial charge is 0.397 e. The van der Waals surface area contributed by atoms with Gasteiger partial charge in [-0.3, -0.25) is 4.79 Å². The molecule has 0 spiro atoms. The smallest absolute Gasteiger partial charge is 0.264 e. The Morgan fingerprint density at radius 2 is 2.11 bits per heavy atom. The Morgan fingerprint density at radius 3 is 2.83 bits per heavy atom. The van der Waals surface area contributed by atoms with Crippen LogP contribution in [0.25, 0.3) is 22.6 Å². The SMILES string of the molecule is Nc1cc(Br)cc2[nH]c(-c3ccc(=O)[nH]n3)nc12. The van der Waals surface area contributed by atoms with Gasteiger partial charge >= 0.3 is 0 Å². The van der Waals surface area contributed by atoms with Gasteiger partial charge in [-0.05, 0) is 18.2 Å². The third kappa shape index (κ3) is 1.78. The fourth-order valence-electron chi connectivity index (χ4n) is 1.71. The fraction of sp³-hybridized carbons (Fsp3) is 0. The first kappa shape index (κ1) is 11.0. The number of aromatic amines is 2. The molecule has 0 aliphatic heterocycles. The molecule has 0 atom stereocenters. The summed E-state index contributed by atoms with van der Waals surface area (Å²) in [5, 5.41) is 6.27. The molecule has 4 N–H and O–H groups in total. The van der Waals surface area contributed by atoms with E-state index >= 15 is 0 Å². The molecule has 0 bridgehead atoms. The number of hydrogen-bond donors (Lipinski definition) is 3. The number of nitrogen functional groups attached to an aromatic ring is 1. The van der Waals surface area contributed by atoms with Gasteiger partial charge < -0.3 is 10.7 Å². The molecule has 0 amide bonds. The second-order valence-corrected chi connectivity index (χ2v) is 4.70. The number of benzene rings is 1. The number of aromatic nitrogens is 4. The van der Waals surface area contributed by atoms with Crippen LogP contribution in [0.4, 0.5) is 5.69 Å². The maximum Gasteiger partial charge on any atom is 0.264 e. The standard InChI is InChI=1S/C11H8BrN5O/c12-5-3-6(13)10-8(4-5)14-11(15-10)7-1-2-9(18)17-16-7/h1-4H,13H2,(H,14,15)(H,17,18). The molecule has 0 fully saturated rings. The average molecular weight is 306 g/mol. The number of hydrogen-bond acceptors (Lipinski definition) is 4. The van der Waals surface area contributed by atoms with Crippen molar-refractivity contribution in [1.82, 2.24) is 20.2 Å². The van der Waals surface area contributed by atoms with E-state index in [2.05, 4.69) is 36.1 Å². The number of nitrogens with two attached hydrogens (primary N) is 1. The predicted octanol–water partition coefficient (Wildman–Crippen LogP) is 1.66. The van der Waals surface area contributed by atoms with Gasteiger partial charge in [0.15, 0.2) is 5.82 Å². The molecule has 90 valence electrons. The Kier molecular flexibility index (Phi) is 2.41. The van der Waals surface area contributed by atoms with Gasteiger partial charge in [0, 0.05) is 10.5 Å². The molecule has 6 nitrogen and oxygen atoms in total. The van der Waals surface area contributed by atoms with Crippen molar-refractivity contribution < 1.29 is 0 Å². The highest BCUT2D eigenvalue weighted by molar-refractivity contribution is 9.10. The summed E-state index contributed by atoms with van der Waals surface area (Å²) in [6, 6.07) is 6.66. The van der Waals surface area contributed by atoms with E-state index in [1.54, 1.807) is 12.1 Å². The number of rotatable bonds is 1. The van der Waals surface area contributed by atoms with E-state index in [-0.39, 0.29) is 5.56 Å². The average Bonchev–Trinajstić information content (AvgIpc) is 2.74. The fourth-order valence-corrected chi connectivity index (χ4v) is 2.18. The first-order valence-corrected chi connectivity index (χ1v) is 5.93. The highest BCUT2D eigenvalue weighted by Crippen LogP contribution is 2.26. The minimum absolute atomic E-state index is 0.253. The van der Waals surface area contributed by atoms with Crippen molar-refractivity contribution in [3.8, 4) is 11.5 Å². The summed E-state index contributed by atoms with van der Waals surface area (Å²) >= 11 is 3.37. The van der Waals surface area contributed by atoms with Crippen LogP contribution in [0.3, 0.4) is 0 Å². The minimum atomic E-state index is -0.253. The van der Waals surface area contributed by atoms with E-state index in [0.717, 1.165) is 9.99 Å². The van der Waals surface area contributed by atoms with E-state index in [4.69, 9.17) is 5.73 Å². The molecular formula is C11H8BrN5O. The van der Waals surface area contributed by atoms with Crippen molar-refractivity contribution in [2.45, 2.75) is 0 Å². The number of H-pyrrole nitrogens is 2. The van der Waals surface area contributed by atoms with Gasteiger partial charge in [0.2, 0.25) is 0 Å². The van der Waals surface area contributed by atoms with Crippen LogP contribution in [0.5, 0.6) is 0 Å². The van der Waals surface area contributed by atoms with Gasteiger partial charge in [-0.2, -0.15) is 5.10 Å². The number of imidazole rings is 1. The van der Waals surface area contributed by atoms with Gasteiger partial charge in [0.25, 0.3) is 5.56 Å². The molecule has 2 heterocycles. The number of nitrogens with zero attached hydrogens (tertiary/aromatic N) is 2. The third-order valence-corrected chi connectivity index (χ3v) is 2.96. The lowest BCUT2D eigenvalue weighted by Gasteiger charge is -1.94. The lowest BCUT2D eigenvalue weighted by atomic mass is 10.3. The van der Waals surface area contributed by atoms with E-state index in [0.29, 0.717) is 22.7 Å². The van der Waals surface area contributed by atoms with Gasteiger partial charge in [-0.25, -0.2) is 10.1 Å². The zero-order valence-electron chi connectivity index (χ0n) is 9.07. The van der Waals surface area contributed by atoms with E-state index < -0.39 is 0 Å². The monoisotopic (exact) mass is 305 g/mol. The van der Waals surface area contributed by atoms with Crippen LogP contribution in [0.15, 0.2) is 33.5 Å². The molecule has 0 unspecified atom stereocenters. The lowest BCUT2D eigenvalue weighted by molar-refractivity contribution is 0.985. The molecule has 1 aromatic carbocycles. The van der Waals surface area contributed by atoms with Crippen LogP contribution in [-0.4, -0.2) is 20.2 Å². The molecule has 0 aliphatic carbocycles. The quantitative estimate of drug-likeness (QED) is 0.595. The zero-order valence-corrected chi connectivity index (χ0v) is 10.7. The Hall–Kier alpha value is -2.15. The molecule has 18 heavy (non-hydrogen) atoms. The molecule has 7 heteroatoms. The zero-order chi connectivity index (χ0) is 12.7. The van der Waals surface area contributed by atoms with Crippen molar-refractivity contribution in [2.75, 3.05) is 5.73 Å². The second kappa shape index (κ2) is 3.95. The van der Waals surface area contributed by atoms with Crippen LogP contribution in [0.1, 0.15) is 0 Å². The number of anilines is 1. The van der Waals surface area contributed by atoms with Crippen LogP contribution in [0.2, 0.25) is 0 Å². The van der Waals surface area contributed by atoms with Crippen LogP contribution in [-0.2, 0) is 0 Å². The Bertz CT molecular complexity index is 771. The topological polar surface area (TPSA) is 100 Å². The van der Waals surface area contributed by atoms with E-state index in [9.17, 15) is 4.79 Å². The lowest BCUT2D eigenvalue weighted by Crippen LogP contribution is -2.05. The Labute approximate surface area is 109 Å². The summed E-state index contributed by atoms with van der Waals surface area (Å²) in [6.45, 7) is 0. The third-order valence-electron chi connectivity index (χ3n) is 2.50. The Morgan fingerprint density at radius 1 is 1.28 bits per heavy atom. The number of fused-ring (bicyclic) bond motifs is 1. The van der Waals surface area contributed by atoms with Crippen molar-refractivity contribution in [3.63, 3.8) is 0 Å². The van der Waals surface area contributed by atoms with Crippen LogP contribution >= 0.6 is 15.9 Å². The summed E-state index contributed by atoms with van der Waals surface area (Å²) in [6.07, 6.45) is 0. The highest BCUT2D eigenvalue weighted by atomic mass is 79.9. The molecule has 0 radical (unpaired) electrons. The van der Waals surface area contributed by atoms with E-state index in [1.165, 1.54) is 6.07 Å². The summed E-state index contributed by atoms with van der Waals surface area (Å²) < 4.78 is 0.872. The second-order valence-electron chi connectivity index (χ2n) is 3.78. The number of nitrogens with one attached hydrogen (secondary N) is 2. The number of halogens is 1. The molecule has 0 saturated carbocycles. The predicted molar refractivity (Wildman–Crippen MR) is 72.1 cm³/mol. The van der Waals surface area contributed by atoms with Crippen molar-refractivity contribution >= 4 is 32.7 Å². The first-order valence-electron chi connectivity index (χ1n) is 5.14. The molecule has 2 aromatic heterocycles. The molecule has 3 rings (SSSR count). The van der Waals surface area contributed by atoms with Crippen molar-refractivity contribution in [3.05, 3.63) is 39.1 Å².